The SMILES string of the molecule is O=c1c(-c2ccc(O)c(O)c2)coc2cc(O)c([C@@H]3O[C@H](CO)[C@@H](O)[C@H](O)[C@H]3O)c(O)c12. The van der Waals surface area contributed by atoms with Crippen LogP contribution in [0.1, 0.15) is 11.7 Å². The van der Waals surface area contributed by atoms with Gasteiger partial charge in [0.1, 0.15) is 59.3 Å². The zero-order valence-electron chi connectivity index (χ0n) is 16.3. The van der Waals surface area contributed by atoms with Crippen molar-refractivity contribution in [1.29, 1.82) is 0 Å². The highest BCUT2D eigenvalue weighted by molar-refractivity contribution is 5.90. The fraction of sp³-hybridized carbons (Fsp3) is 0.286. The molecule has 0 unspecified atom stereocenters. The summed E-state index contributed by atoms with van der Waals surface area (Å²) < 4.78 is 10.7. The first-order valence-electron chi connectivity index (χ1n) is 9.48. The Morgan fingerprint density at radius 1 is 0.875 bits per heavy atom. The second-order valence-electron chi connectivity index (χ2n) is 7.46. The predicted octanol–water partition coefficient (Wildman–Crippen LogP) is -0.203. The molecule has 3 aromatic rings. The van der Waals surface area contributed by atoms with Gasteiger partial charge in [-0.2, -0.15) is 0 Å². The molecular weight excluding hydrogens is 428 g/mol. The van der Waals surface area contributed by atoms with Crippen molar-refractivity contribution >= 4 is 11.0 Å². The lowest BCUT2D eigenvalue weighted by Crippen LogP contribution is -2.55. The Labute approximate surface area is 179 Å². The topological polar surface area (TPSA) is 201 Å². The third-order valence-corrected chi connectivity index (χ3v) is 5.52. The van der Waals surface area contributed by atoms with Gasteiger partial charge in [-0.25, -0.2) is 0 Å². The molecule has 170 valence electrons. The molecule has 0 saturated carbocycles. The average molecular weight is 448 g/mol. The first-order chi connectivity index (χ1) is 15.1. The van der Waals surface area contributed by atoms with Gasteiger partial charge in [0.05, 0.1) is 17.7 Å². The fourth-order valence-electron chi connectivity index (χ4n) is 3.78. The quantitative estimate of drug-likeness (QED) is 0.247. The van der Waals surface area contributed by atoms with Crippen molar-refractivity contribution in [3.63, 3.8) is 0 Å². The number of aliphatic hydroxyl groups excluding tert-OH is 4. The lowest BCUT2D eigenvalue weighted by atomic mass is 9.89. The predicted molar refractivity (Wildman–Crippen MR) is 107 cm³/mol. The molecule has 5 atom stereocenters. The van der Waals surface area contributed by atoms with E-state index in [2.05, 4.69) is 0 Å². The Morgan fingerprint density at radius 2 is 1.59 bits per heavy atom. The van der Waals surface area contributed by atoms with Gasteiger partial charge >= 0.3 is 0 Å². The molecule has 1 aliphatic rings. The van der Waals surface area contributed by atoms with Crippen molar-refractivity contribution in [2.45, 2.75) is 30.5 Å². The molecule has 0 bridgehead atoms. The van der Waals surface area contributed by atoms with Crippen molar-refractivity contribution in [2.24, 2.45) is 0 Å². The molecule has 2 heterocycles. The number of hydrogen-bond donors (Lipinski definition) is 8. The highest BCUT2D eigenvalue weighted by Crippen LogP contribution is 2.44. The van der Waals surface area contributed by atoms with Crippen molar-refractivity contribution in [2.75, 3.05) is 6.61 Å². The molecule has 0 aliphatic carbocycles. The lowest BCUT2D eigenvalue weighted by molar-refractivity contribution is -0.232. The molecule has 8 N–H and O–H groups in total. The molecule has 0 amide bonds. The van der Waals surface area contributed by atoms with E-state index in [0.717, 1.165) is 24.5 Å². The van der Waals surface area contributed by atoms with Gasteiger partial charge in [0.15, 0.2) is 11.5 Å². The molecule has 1 aromatic heterocycles. The summed E-state index contributed by atoms with van der Waals surface area (Å²) in [6.45, 7) is -0.729. The molecule has 4 rings (SSSR count). The number of fused-ring (bicyclic) bond motifs is 1. The molecule has 11 nitrogen and oxygen atoms in total. The van der Waals surface area contributed by atoms with Crippen LogP contribution in [0.2, 0.25) is 0 Å². The van der Waals surface area contributed by atoms with Crippen LogP contribution in [-0.4, -0.2) is 71.9 Å². The van der Waals surface area contributed by atoms with E-state index in [-0.39, 0.29) is 22.1 Å². The summed E-state index contributed by atoms with van der Waals surface area (Å²) in [6.07, 6.45) is -7.11. The Hall–Kier alpha value is -3.35. The monoisotopic (exact) mass is 448 g/mol. The Kier molecular flexibility index (Phi) is 5.44. The number of rotatable bonds is 3. The Morgan fingerprint density at radius 3 is 2.25 bits per heavy atom. The maximum absolute atomic E-state index is 13.1. The summed E-state index contributed by atoms with van der Waals surface area (Å²) in [7, 11) is 0. The summed E-state index contributed by atoms with van der Waals surface area (Å²) in [5.74, 6) is -2.32. The summed E-state index contributed by atoms with van der Waals surface area (Å²) in [4.78, 5) is 13.1. The normalized spacial score (nSPS) is 25.8. The van der Waals surface area contributed by atoms with E-state index in [9.17, 15) is 45.6 Å². The number of phenolic OH excluding ortho intramolecular Hbond substituents is 4. The Bertz CT molecular complexity index is 1230. The number of phenols is 4. The minimum Gasteiger partial charge on any atom is -0.507 e. The van der Waals surface area contributed by atoms with Gasteiger partial charge in [-0.05, 0) is 17.7 Å². The van der Waals surface area contributed by atoms with Gasteiger partial charge < -0.3 is 50.0 Å². The van der Waals surface area contributed by atoms with Crippen LogP contribution in [-0.2, 0) is 4.74 Å². The van der Waals surface area contributed by atoms with E-state index in [4.69, 9.17) is 9.15 Å². The molecule has 0 spiro atoms. The van der Waals surface area contributed by atoms with Gasteiger partial charge in [0.25, 0.3) is 0 Å². The van der Waals surface area contributed by atoms with Crippen LogP contribution in [0.4, 0.5) is 0 Å². The number of ether oxygens (including phenoxy) is 1. The molecule has 2 aromatic carbocycles. The summed E-state index contributed by atoms with van der Waals surface area (Å²) in [5.41, 5.74) is -1.34. The van der Waals surface area contributed by atoms with E-state index in [1.807, 2.05) is 0 Å². The zero-order chi connectivity index (χ0) is 23.3. The average Bonchev–Trinajstić information content (AvgIpc) is 2.75. The van der Waals surface area contributed by atoms with E-state index in [1.165, 1.54) is 6.07 Å². The van der Waals surface area contributed by atoms with E-state index in [0.29, 0.717) is 0 Å². The first kappa shape index (κ1) is 21.9. The molecule has 0 radical (unpaired) electrons. The van der Waals surface area contributed by atoms with E-state index in [1.54, 1.807) is 0 Å². The maximum atomic E-state index is 13.1. The van der Waals surface area contributed by atoms with Gasteiger partial charge in [0, 0.05) is 6.07 Å². The Balaban J connectivity index is 1.91. The highest BCUT2D eigenvalue weighted by atomic mass is 16.5. The van der Waals surface area contributed by atoms with Crippen LogP contribution in [0.3, 0.4) is 0 Å². The summed E-state index contributed by atoms with van der Waals surface area (Å²) >= 11 is 0. The standard InChI is InChI=1S/C21H20O11/c22-5-13-17(27)19(29)20(30)21(32-13)14-11(25)4-12-15(18(14)28)16(26)8(6-31-12)7-1-2-9(23)10(24)3-7/h1-4,6,13,17,19-25,27-30H,5H2/t13-,17-,19+,20-,21+/m1/s1. The summed E-state index contributed by atoms with van der Waals surface area (Å²) in [6, 6.07) is 4.61. The highest BCUT2D eigenvalue weighted by Gasteiger charge is 2.46. The van der Waals surface area contributed by atoms with Crippen LogP contribution < -0.4 is 5.43 Å². The van der Waals surface area contributed by atoms with Crippen LogP contribution in [0.25, 0.3) is 22.1 Å². The first-order valence-corrected chi connectivity index (χ1v) is 9.48. The van der Waals surface area contributed by atoms with Gasteiger partial charge in [-0.3, -0.25) is 4.79 Å². The summed E-state index contributed by atoms with van der Waals surface area (Å²) in [5, 5.41) is 79.8. The molecule has 11 heteroatoms. The van der Waals surface area contributed by atoms with Gasteiger partial charge in [0.2, 0.25) is 5.43 Å². The maximum Gasteiger partial charge on any atom is 0.204 e. The van der Waals surface area contributed by atoms with Crippen molar-refractivity contribution in [3.8, 4) is 34.1 Å². The van der Waals surface area contributed by atoms with E-state index < -0.39 is 71.1 Å². The number of benzene rings is 2. The number of hydrogen-bond acceptors (Lipinski definition) is 11. The lowest BCUT2D eigenvalue weighted by Gasteiger charge is -2.40. The minimum atomic E-state index is -1.81. The fourth-order valence-corrected chi connectivity index (χ4v) is 3.78. The second kappa shape index (κ2) is 7.97. The molecule has 1 fully saturated rings. The smallest absolute Gasteiger partial charge is 0.204 e. The van der Waals surface area contributed by atoms with E-state index >= 15 is 0 Å². The largest absolute Gasteiger partial charge is 0.507 e. The number of aliphatic hydroxyl groups is 4. The minimum absolute atomic E-state index is 0.0893. The molecule has 1 aliphatic heterocycles. The zero-order valence-corrected chi connectivity index (χ0v) is 16.3. The molecule has 32 heavy (non-hydrogen) atoms. The molecule has 1 saturated heterocycles. The molecular formula is C21H20O11. The van der Waals surface area contributed by atoms with Gasteiger partial charge in [-0.1, -0.05) is 6.07 Å². The van der Waals surface area contributed by atoms with Crippen LogP contribution in [0.15, 0.2) is 39.7 Å². The van der Waals surface area contributed by atoms with Crippen molar-refractivity contribution in [1.82, 2.24) is 0 Å². The van der Waals surface area contributed by atoms with Crippen molar-refractivity contribution < 1.29 is 50.0 Å². The van der Waals surface area contributed by atoms with Crippen LogP contribution in [0, 0.1) is 0 Å². The van der Waals surface area contributed by atoms with Gasteiger partial charge in [-0.15, -0.1) is 0 Å². The number of aromatic hydroxyl groups is 4. The van der Waals surface area contributed by atoms with Crippen molar-refractivity contribution in [3.05, 3.63) is 46.3 Å². The third-order valence-electron chi connectivity index (χ3n) is 5.52. The second-order valence-corrected chi connectivity index (χ2v) is 7.46. The van der Waals surface area contributed by atoms with Crippen LogP contribution in [0.5, 0.6) is 23.0 Å². The van der Waals surface area contributed by atoms with Crippen LogP contribution >= 0.6 is 0 Å². The third kappa shape index (κ3) is 3.32.